The van der Waals surface area contributed by atoms with Crippen molar-refractivity contribution in [1.82, 2.24) is 4.98 Å². The van der Waals surface area contributed by atoms with Crippen LogP contribution in [-0.2, 0) is 0 Å². The first-order valence-corrected chi connectivity index (χ1v) is 9.96. The summed E-state index contributed by atoms with van der Waals surface area (Å²) >= 11 is 1.84. The van der Waals surface area contributed by atoms with Crippen molar-refractivity contribution in [2.75, 3.05) is 31.1 Å². The van der Waals surface area contributed by atoms with Crippen molar-refractivity contribution < 1.29 is 17.3 Å². The summed E-state index contributed by atoms with van der Waals surface area (Å²) in [6, 6.07) is 13.0. The summed E-state index contributed by atoms with van der Waals surface area (Å²) in [7, 11) is 0. The predicted molar refractivity (Wildman–Crippen MR) is 100 cm³/mol. The van der Waals surface area contributed by atoms with Crippen molar-refractivity contribution in [1.29, 1.82) is 0 Å². The van der Waals surface area contributed by atoms with Crippen LogP contribution >= 0.6 is 11.8 Å². The second-order valence-electron chi connectivity index (χ2n) is 7.13. The quantitative estimate of drug-likeness (QED) is 0.835. The van der Waals surface area contributed by atoms with Crippen LogP contribution in [0.2, 0.25) is 0 Å². The van der Waals surface area contributed by atoms with E-state index in [1.807, 2.05) is 24.0 Å². The zero-order valence-electron chi connectivity index (χ0n) is 14.7. The van der Waals surface area contributed by atoms with Crippen molar-refractivity contribution >= 4 is 23.3 Å². The summed E-state index contributed by atoms with van der Waals surface area (Å²) in [6.45, 7) is 7.42. The van der Waals surface area contributed by atoms with Crippen LogP contribution in [0.5, 0.6) is 0 Å². The third-order valence-corrected chi connectivity index (χ3v) is 6.18. The highest BCUT2D eigenvalue weighted by Gasteiger charge is 2.26. The van der Waals surface area contributed by atoms with Gasteiger partial charge in [0.1, 0.15) is 5.82 Å². The monoisotopic (exact) mass is 375 g/mol. The van der Waals surface area contributed by atoms with Gasteiger partial charge >= 0.3 is 0 Å². The maximum atomic E-state index is 4.70. The minimum Gasteiger partial charge on any atom is -1.00 e. The number of benzene rings is 1. The van der Waals surface area contributed by atoms with Crippen LogP contribution in [0.1, 0.15) is 26.2 Å². The van der Waals surface area contributed by atoms with Crippen LogP contribution in [0.25, 0.3) is 0 Å². The molecule has 1 saturated heterocycles. The molecule has 134 valence electrons. The lowest BCUT2D eigenvalue weighted by Gasteiger charge is -2.34. The van der Waals surface area contributed by atoms with Gasteiger partial charge in [-0.15, -0.1) is 0 Å². The molecule has 1 aromatic heterocycles. The number of quaternary nitrogens is 1. The number of rotatable bonds is 4. The lowest BCUT2D eigenvalue weighted by atomic mass is 10.1. The molecule has 2 aliphatic heterocycles. The molecule has 1 N–H and O–H groups in total. The highest BCUT2D eigenvalue weighted by Crippen LogP contribution is 2.46. The molecule has 4 rings (SSSR count). The minimum absolute atomic E-state index is 0. The van der Waals surface area contributed by atoms with Crippen LogP contribution in [0.4, 0.5) is 11.5 Å². The second-order valence-corrected chi connectivity index (χ2v) is 8.21. The molecular weight excluding hydrogens is 350 g/mol. The summed E-state index contributed by atoms with van der Waals surface area (Å²) < 4.78 is 0. The summed E-state index contributed by atoms with van der Waals surface area (Å²) in [4.78, 5) is 11.5. The molecular formula is C20H26ClN3S. The molecule has 1 aromatic carbocycles. The third kappa shape index (κ3) is 4.13. The van der Waals surface area contributed by atoms with Crippen LogP contribution in [-0.4, -0.2) is 31.2 Å². The zero-order chi connectivity index (χ0) is 16.4. The Morgan fingerprint density at radius 3 is 2.68 bits per heavy atom. The van der Waals surface area contributed by atoms with Crippen molar-refractivity contribution in [3.63, 3.8) is 0 Å². The van der Waals surface area contributed by atoms with E-state index >= 15 is 0 Å². The Morgan fingerprint density at radius 1 is 1.08 bits per heavy atom. The Morgan fingerprint density at radius 2 is 1.84 bits per heavy atom. The maximum Gasteiger partial charge on any atom is 0.147 e. The van der Waals surface area contributed by atoms with E-state index in [0.717, 1.165) is 12.4 Å². The first-order valence-electron chi connectivity index (χ1n) is 9.14. The van der Waals surface area contributed by atoms with Gasteiger partial charge in [0.2, 0.25) is 0 Å². The number of anilines is 2. The number of aromatic nitrogens is 1. The van der Waals surface area contributed by atoms with Gasteiger partial charge in [0.25, 0.3) is 0 Å². The standard InChI is InChI=1S/C20H25N3S.ClH/c1-16(14-22-12-5-2-6-13-22)15-23-17-8-3-4-9-18(17)24-19-10-7-11-21-20(19)23;/h3-4,7-11,16H,2,5-6,12-15H2,1H3;1H. The van der Waals surface area contributed by atoms with Crippen LogP contribution < -0.4 is 22.2 Å². The number of nitrogens with one attached hydrogen (secondary N) is 1. The summed E-state index contributed by atoms with van der Waals surface area (Å²) in [6.07, 6.45) is 6.14. The molecule has 0 bridgehead atoms. The minimum atomic E-state index is 0. The molecule has 25 heavy (non-hydrogen) atoms. The SMILES string of the molecule is CC(CN1c2ccccc2Sc2cccnc21)C[NH+]1CCCCC1.[Cl-]. The molecule has 0 radical (unpaired) electrons. The normalized spacial score (nSPS) is 18.0. The lowest BCUT2D eigenvalue weighted by molar-refractivity contribution is -0.907. The molecule has 5 heteroatoms. The van der Waals surface area contributed by atoms with Gasteiger partial charge in [-0.2, -0.15) is 0 Å². The molecule has 0 amide bonds. The fourth-order valence-electron chi connectivity index (χ4n) is 3.97. The van der Waals surface area contributed by atoms with E-state index in [9.17, 15) is 0 Å². The number of nitrogens with zero attached hydrogens (tertiary/aromatic N) is 2. The van der Waals surface area contributed by atoms with Gasteiger partial charge in [0.05, 0.1) is 30.2 Å². The van der Waals surface area contributed by atoms with E-state index in [0.29, 0.717) is 5.92 Å². The van der Waals surface area contributed by atoms with Gasteiger partial charge in [0.15, 0.2) is 0 Å². The molecule has 1 fully saturated rings. The number of hydrogen-bond donors (Lipinski definition) is 1. The van der Waals surface area contributed by atoms with E-state index in [2.05, 4.69) is 42.2 Å². The van der Waals surface area contributed by atoms with Gasteiger partial charge in [-0.05, 0) is 43.5 Å². The largest absolute Gasteiger partial charge is 1.00 e. The molecule has 1 unspecified atom stereocenters. The van der Waals surface area contributed by atoms with Crippen molar-refractivity contribution in [2.45, 2.75) is 36.0 Å². The van der Waals surface area contributed by atoms with Crippen LogP contribution in [0.3, 0.4) is 0 Å². The van der Waals surface area contributed by atoms with Gasteiger partial charge in [-0.1, -0.05) is 30.8 Å². The Bertz CT molecular complexity index is 657. The van der Waals surface area contributed by atoms with E-state index in [4.69, 9.17) is 4.98 Å². The molecule has 1 atom stereocenters. The average Bonchev–Trinajstić information content (AvgIpc) is 2.62. The van der Waals surface area contributed by atoms with E-state index in [1.165, 1.54) is 54.4 Å². The molecule has 0 aliphatic carbocycles. The number of pyridine rings is 1. The topological polar surface area (TPSA) is 20.6 Å². The molecule has 3 nitrogen and oxygen atoms in total. The van der Waals surface area contributed by atoms with Crippen molar-refractivity contribution in [2.24, 2.45) is 5.92 Å². The zero-order valence-corrected chi connectivity index (χ0v) is 16.3. The van der Waals surface area contributed by atoms with E-state index in [1.54, 1.807) is 4.90 Å². The number of halogens is 1. The average molecular weight is 376 g/mol. The van der Waals surface area contributed by atoms with Gasteiger partial charge in [0, 0.05) is 23.6 Å². The first-order chi connectivity index (χ1) is 11.8. The van der Waals surface area contributed by atoms with Crippen molar-refractivity contribution in [3.8, 4) is 0 Å². The summed E-state index contributed by atoms with van der Waals surface area (Å²) in [5, 5.41) is 0. The molecule has 2 aliphatic rings. The Balaban J connectivity index is 0.00000182. The van der Waals surface area contributed by atoms with E-state index in [-0.39, 0.29) is 12.4 Å². The smallest absolute Gasteiger partial charge is 0.147 e. The molecule has 0 spiro atoms. The highest BCUT2D eigenvalue weighted by atomic mass is 35.5. The maximum absolute atomic E-state index is 4.70. The number of hydrogen-bond acceptors (Lipinski definition) is 3. The Kier molecular flexibility index (Phi) is 6.26. The van der Waals surface area contributed by atoms with Gasteiger partial charge < -0.3 is 22.2 Å². The lowest BCUT2D eigenvalue weighted by Crippen LogP contribution is -3.13. The predicted octanol–water partition coefficient (Wildman–Crippen LogP) is 0.393. The number of piperidine rings is 1. The fraction of sp³-hybridized carbons (Fsp3) is 0.450. The van der Waals surface area contributed by atoms with Crippen LogP contribution in [0, 0.1) is 5.92 Å². The van der Waals surface area contributed by atoms with Gasteiger partial charge in [-0.3, -0.25) is 0 Å². The highest BCUT2D eigenvalue weighted by molar-refractivity contribution is 7.99. The number of likely N-dealkylation sites (tertiary alicyclic amines) is 1. The molecule has 2 aromatic rings. The van der Waals surface area contributed by atoms with E-state index < -0.39 is 0 Å². The van der Waals surface area contributed by atoms with Crippen molar-refractivity contribution in [3.05, 3.63) is 42.6 Å². The second kappa shape index (κ2) is 8.43. The number of para-hydroxylation sites is 1. The number of fused-ring (bicyclic) bond motifs is 2. The summed E-state index contributed by atoms with van der Waals surface area (Å²) in [5.41, 5.74) is 1.31. The third-order valence-electron chi connectivity index (χ3n) is 5.07. The Hall–Kier alpha value is -1.23. The van der Waals surface area contributed by atoms with Gasteiger partial charge in [-0.25, -0.2) is 4.98 Å². The van der Waals surface area contributed by atoms with Crippen LogP contribution in [0.15, 0.2) is 52.4 Å². The first kappa shape index (κ1) is 18.6. The Labute approximate surface area is 161 Å². The molecule has 0 saturated carbocycles. The fourth-order valence-corrected chi connectivity index (χ4v) is 5.04. The molecule has 3 heterocycles. The summed E-state index contributed by atoms with van der Waals surface area (Å²) in [5.74, 6) is 1.78.